The summed E-state index contributed by atoms with van der Waals surface area (Å²) in [4.78, 5) is 14.5. The highest BCUT2D eigenvalue weighted by molar-refractivity contribution is 7.89. The van der Waals surface area contributed by atoms with E-state index in [0.717, 1.165) is 12.8 Å². The first kappa shape index (κ1) is 20.5. The van der Waals surface area contributed by atoms with Gasteiger partial charge in [0.1, 0.15) is 5.58 Å². The van der Waals surface area contributed by atoms with Gasteiger partial charge in [0, 0.05) is 37.6 Å². The van der Waals surface area contributed by atoms with E-state index >= 15 is 0 Å². The minimum absolute atomic E-state index is 0.180. The molecule has 0 atom stereocenters. The van der Waals surface area contributed by atoms with E-state index in [1.54, 1.807) is 31.0 Å². The Labute approximate surface area is 155 Å². The molecule has 0 radical (unpaired) electrons. The Morgan fingerprint density at radius 1 is 1.15 bits per heavy atom. The molecular formula is C19H28N2O4S. The number of amides is 1. The highest BCUT2D eigenvalue weighted by Crippen LogP contribution is 2.29. The molecule has 6 nitrogen and oxygen atoms in total. The van der Waals surface area contributed by atoms with Crippen molar-refractivity contribution in [3.8, 4) is 0 Å². The van der Waals surface area contributed by atoms with Crippen LogP contribution in [0.2, 0.25) is 0 Å². The van der Waals surface area contributed by atoms with Crippen molar-refractivity contribution < 1.29 is 17.6 Å². The van der Waals surface area contributed by atoms with E-state index in [2.05, 4.69) is 6.92 Å². The molecule has 0 saturated heterocycles. The number of nitrogens with zero attached hydrogens (tertiary/aromatic N) is 2. The molecule has 0 unspecified atom stereocenters. The molecule has 0 aliphatic carbocycles. The van der Waals surface area contributed by atoms with Gasteiger partial charge in [0.2, 0.25) is 10.0 Å². The van der Waals surface area contributed by atoms with Gasteiger partial charge in [0.05, 0.1) is 4.90 Å². The lowest BCUT2D eigenvalue weighted by atomic mass is 10.1. The normalized spacial score (nSPS) is 12.1. The maximum absolute atomic E-state index is 12.7. The van der Waals surface area contributed by atoms with Crippen LogP contribution in [-0.2, 0) is 10.0 Å². The van der Waals surface area contributed by atoms with Gasteiger partial charge in [-0.2, -0.15) is 4.31 Å². The Bertz CT molecular complexity index is 882. The summed E-state index contributed by atoms with van der Waals surface area (Å²) in [5, 5.41) is 0.658. The number of hydrogen-bond donors (Lipinski definition) is 0. The van der Waals surface area contributed by atoms with Gasteiger partial charge in [0.25, 0.3) is 5.91 Å². The van der Waals surface area contributed by atoms with Crippen LogP contribution >= 0.6 is 0 Å². The minimum Gasteiger partial charge on any atom is -0.451 e. The van der Waals surface area contributed by atoms with Crippen molar-refractivity contribution in [2.45, 2.75) is 45.4 Å². The zero-order valence-electron chi connectivity index (χ0n) is 16.2. The van der Waals surface area contributed by atoms with E-state index in [1.165, 1.54) is 10.4 Å². The molecule has 1 aromatic carbocycles. The second-order valence-electron chi connectivity index (χ2n) is 6.38. The highest BCUT2D eigenvalue weighted by atomic mass is 32.2. The lowest BCUT2D eigenvalue weighted by Gasteiger charge is -2.18. The van der Waals surface area contributed by atoms with Crippen LogP contribution in [0.25, 0.3) is 11.0 Å². The summed E-state index contributed by atoms with van der Waals surface area (Å²) in [6, 6.07) is 4.76. The average molecular weight is 381 g/mol. The molecule has 7 heteroatoms. The summed E-state index contributed by atoms with van der Waals surface area (Å²) < 4.78 is 32.6. The van der Waals surface area contributed by atoms with Gasteiger partial charge in [-0.15, -0.1) is 0 Å². The van der Waals surface area contributed by atoms with E-state index in [-0.39, 0.29) is 16.6 Å². The van der Waals surface area contributed by atoms with Crippen LogP contribution in [0.3, 0.4) is 0 Å². The first-order valence-corrected chi connectivity index (χ1v) is 10.5. The molecule has 144 valence electrons. The molecule has 0 aliphatic rings. The van der Waals surface area contributed by atoms with Crippen LogP contribution < -0.4 is 0 Å². The van der Waals surface area contributed by atoms with E-state index < -0.39 is 10.0 Å². The van der Waals surface area contributed by atoms with E-state index in [0.29, 0.717) is 36.2 Å². The molecule has 0 aliphatic heterocycles. The number of furan rings is 1. The Morgan fingerprint density at radius 2 is 1.81 bits per heavy atom. The van der Waals surface area contributed by atoms with E-state index in [1.807, 2.05) is 13.8 Å². The number of aryl methyl sites for hydroxylation is 1. The van der Waals surface area contributed by atoms with Gasteiger partial charge in [0.15, 0.2) is 5.76 Å². The van der Waals surface area contributed by atoms with Gasteiger partial charge in [-0.05, 0) is 31.5 Å². The zero-order chi connectivity index (χ0) is 19.5. The Hall–Kier alpha value is -1.86. The average Bonchev–Trinajstić information content (AvgIpc) is 2.96. The summed E-state index contributed by atoms with van der Waals surface area (Å²) >= 11 is 0. The van der Waals surface area contributed by atoms with Crippen LogP contribution in [0.15, 0.2) is 27.5 Å². The summed E-state index contributed by atoms with van der Waals surface area (Å²) in [7, 11) is -1.80. The lowest BCUT2D eigenvalue weighted by Crippen LogP contribution is -2.30. The summed E-state index contributed by atoms with van der Waals surface area (Å²) in [6.07, 6.45) is 1.93. The SMILES string of the molecule is CCCCN(C)C(=O)c1oc2ccc(S(=O)(=O)N(CC)CC)cc2c1C. The Morgan fingerprint density at radius 3 is 2.38 bits per heavy atom. The van der Waals surface area contributed by atoms with Crippen LogP contribution in [0.1, 0.15) is 49.7 Å². The van der Waals surface area contributed by atoms with Crippen LogP contribution in [0.4, 0.5) is 0 Å². The highest BCUT2D eigenvalue weighted by Gasteiger charge is 2.25. The first-order valence-electron chi connectivity index (χ1n) is 9.06. The Balaban J connectivity index is 2.45. The molecule has 0 bridgehead atoms. The molecule has 1 aromatic heterocycles. The fraction of sp³-hybridized carbons (Fsp3) is 0.526. The second kappa shape index (κ2) is 8.22. The lowest BCUT2D eigenvalue weighted by molar-refractivity contribution is 0.0763. The fourth-order valence-electron chi connectivity index (χ4n) is 2.95. The van der Waals surface area contributed by atoms with Crippen molar-refractivity contribution in [3.05, 3.63) is 29.5 Å². The number of rotatable bonds is 8. The van der Waals surface area contributed by atoms with E-state index in [9.17, 15) is 13.2 Å². The number of hydrogen-bond acceptors (Lipinski definition) is 4. The second-order valence-corrected chi connectivity index (χ2v) is 8.32. The van der Waals surface area contributed by atoms with Crippen LogP contribution in [-0.4, -0.2) is 50.2 Å². The summed E-state index contributed by atoms with van der Waals surface area (Å²) in [5.41, 5.74) is 1.19. The maximum atomic E-state index is 12.7. The van der Waals surface area contributed by atoms with Crippen molar-refractivity contribution in [1.29, 1.82) is 0 Å². The molecule has 2 aromatic rings. The first-order chi connectivity index (χ1) is 12.3. The summed E-state index contributed by atoms with van der Waals surface area (Å²) in [5.74, 6) is 0.0938. The minimum atomic E-state index is -3.55. The molecule has 26 heavy (non-hydrogen) atoms. The predicted octanol–water partition coefficient (Wildman–Crippen LogP) is 3.64. The molecule has 0 spiro atoms. The number of unbranched alkanes of at least 4 members (excludes halogenated alkanes) is 1. The molecule has 1 amide bonds. The molecule has 1 heterocycles. The van der Waals surface area contributed by atoms with Crippen molar-refractivity contribution >= 4 is 26.9 Å². The standard InChI is InChI=1S/C19H28N2O4S/c1-6-9-12-20(5)19(22)18-14(4)16-13-15(10-11-17(16)25-18)26(23,24)21(7-2)8-3/h10-11,13H,6-9,12H2,1-5H3. The third-order valence-corrected chi connectivity index (χ3v) is 6.68. The monoisotopic (exact) mass is 380 g/mol. The third-order valence-electron chi connectivity index (χ3n) is 4.64. The van der Waals surface area contributed by atoms with Gasteiger partial charge in [-0.1, -0.05) is 27.2 Å². The van der Waals surface area contributed by atoms with Crippen molar-refractivity contribution in [3.63, 3.8) is 0 Å². The fourth-order valence-corrected chi connectivity index (χ4v) is 4.43. The van der Waals surface area contributed by atoms with Crippen molar-refractivity contribution in [2.75, 3.05) is 26.7 Å². The number of carbonyl (C=O) groups is 1. The van der Waals surface area contributed by atoms with Crippen LogP contribution in [0.5, 0.6) is 0 Å². The number of benzene rings is 1. The molecule has 2 rings (SSSR count). The van der Waals surface area contributed by atoms with Gasteiger partial charge < -0.3 is 9.32 Å². The number of fused-ring (bicyclic) bond motifs is 1. The smallest absolute Gasteiger partial charge is 0.289 e. The van der Waals surface area contributed by atoms with Gasteiger partial charge in [-0.25, -0.2) is 8.42 Å². The van der Waals surface area contributed by atoms with Gasteiger partial charge in [-0.3, -0.25) is 4.79 Å². The molecule has 0 N–H and O–H groups in total. The zero-order valence-corrected chi connectivity index (χ0v) is 17.0. The topological polar surface area (TPSA) is 70.8 Å². The predicted molar refractivity (Wildman–Crippen MR) is 103 cm³/mol. The van der Waals surface area contributed by atoms with Crippen molar-refractivity contribution in [1.82, 2.24) is 9.21 Å². The molecular weight excluding hydrogens is 352 g/mol. The maximum Gasteiger partial charge on any atom is 0.289 e. The van der Waals surface area contributed by atoms with Crippen LogP contribution in [0, 0.1) is 6.92 Å². The molecule has 0 saturated carbocycles. The third kappa shape index (κ3) is 3.78. The van der Waals surface area contributed by atoms with E-state index in [4.69, 9.17) is 4.42 Å². The van der Waals surface area contributed by atoms with Crippen molar-refractivity contribution in [2.24, 2.45) is 0 Å². The Kier molecular flexibility index (Phi) is 6.47. The summed E-state index contributed by atoms with van der Waals surface area (Å²) in [6.45, 7) is 8.97. The van der Waals surface area contributed by atoms with Gasteiger partial charge >= 0.3 is 0 Å². The number of sulfonamides is 1. The number of carbonyl (C=O) groups excluding carboxylic acids is 1. The molecule has 0 fully saturated rings. The quantitative estimate of drug-likeness (QED) is 0.701. The largest absolute Gasteiger partial charge is 0.451 e.